The van der Waals surface area contributed by atoms with Crippen LogP contribution in [0, 0.1) is 0 Å². The molecule has 102 valence electrons. The maximum absolute atomic E-state index is 9.49. The third kappa shape index (κ3) is 2.43. The maximum Gasteiger partial charge on any atom is 0.157 e. The molecule has 0 saturated heterocycles. The summed E-state index contributed by atoms with van der Waals surface area (Å²) in [6.07, 6.45) is 3.99. The van der Waals surface area contributed by atoms with Crippen molar-refractivity contribution in [3.8, 4) is 11.5 Å². The molecule has 4 N–H and O–H groups in total. The second kappa shape index (κ2) is 5.07. The van der Waals surface area contributed by atoms with E-state index in [9.17, 15) is 10.2 Å². The summed E-state index contributed by atoms with van der Waals surface area (Å²) >= 11 is 1.54. The predicted molar refractivity (Wildman–Crippen MR) is 77.8 cm³/mol. The van der Waals surface area contributed by atoms with Gasteiger partial charge >= 0.3 is 0 Å². The van der Waals surface area contributed by atoms with E-state index < -0.39 is 0 Å². The largest absolute Gasteiger partial charge is 0.504 e. The van der Waals surface area contributed by atoms with Gasteiger partial charge in [-0.05, 0) is 30.2 Å². The summed E-state index contributed by atoms with van der Waals surface area (Å²) in [6, 6.07) is 6.37. The molecule has 20 heavy (non-hydrogen) atoms. The minimum atomic E-state index is -0.253. The van der Waals surface area contributed by atoms with Gasteiger partial charge in [-0.25, -0.2) is 4.98 Å². The van der Waals surface area contributed by atoms with Gasteiger partial charge in [-0.3, -0.25) is 4.98 Å². The number of aromatic nitrogens is 2. The molecular formula is C14H13N3O2S. The zero-order valence-corrected chi connectivity index (χ0v) is 11.3. The molecule has 3 rings (SSSR count). The zero-order valence-electron chi connectivity index (χ0n) is 10.5. The van der Waals surface area contributed by atoms with Gasteiger partial charge in [-0.15, -0.1) is 11.3 Å². The predicted octanol–water partition coefficient (Wildman–Crippen LogP) is 2.35. The van der Waals surface area contributed by atoms with Crippen molar-refractivity contribution in [1.82, 2.24) is 9.97 Å². The van der Waals surface area contributed by atoms with Gasteiger partial charge in [-0.1, -0.05) is 6.07 Å². The van der Waals surface area contributed by atoms with E-state index in [2.05, 4.69) is 9.97 Å². The number of hydrogen-bond acceptors (Lipinski definition) is 6. The Labute approximate surface area is 119 Å². The fourth-order valence-electron chi connectivity index (χ4n) is 1.99. The van der Waals surface area contributed by atoms with E-state index in [-0.39, 0.29) is 17.5 Å². The highest BCUT2D eigenvalue weighted by Crippen LogP contribution is 2.29. The normalized spacial score (nSPS) is 12.7. The average molecular weight is 287 g/mol. The van der Waals surface area contributed by atoms with E-state index in [0.717, 1.165) is 20.8 Å². The lowest BCUT2D eigenvalue weighted by atomic mass is 10.1. The Hall–Kier alpha value is -2.18. The molecule has 2 aromatic heterocycles. The fourth-order valence-corrected chi connectivity index (χ4v) is 2.93. The summed E-state index contributed by atoms with van der Waals surface area (Å²) < 4.78 is 1.05. The lowest BCUT2D eigenvalue weighted by Crippen LogP contribution is -2.12. The van der Waals surface area contributed by atoms with Crippen molar-refractivity contribution < 1.29 is 10.2 Å². The molecule has 2 heterocycles. The van der Waals surface area contributed by atoms with Gasteiger partial charge in [0.2, 0.25) is 0 Å². The molecule has 1 atom stereocenters. The molecule has 6 heteroatoms. The number of aromatic hydroxyl groups is 2. The number of benzene rings is 1. The van der Waals surface area contributed by atoms with E-state index in [0.29, 0.717) is 6.42 Å². The first-order chi connectivity index (χ1) is 9.63. The van der Waals surface area contributed by atoms with Crippen LogP contribution in [0.4, 0.5) is 0 Å². The molecule has 1 unspecified atom stereocenters. The van der Waals surface area contributed by atoms with Crippen molar-refractivity contribution in [2.24, 2.45) is 5.73 Å². The number of fused-ring (bicyclic) bond motifs is 1. The molecule has 5 nitrogen and oxygen atoms in total. The molecule has 0 spiro atoms. The Morgan fingerprint density at radius 2 is 2.05 bits per heavy atom. The number of phenols is 2. The summed E-state index contributed by atoms with van der Waals surface area (Å²) in [7, 11) is 0. The molecule has 0 amide bonds. The number of phenolic OH excluding ortho intramolecular Hbond substituents is 2. The standard InChI is InChI=1S/C14H13N3O2S/c15-9(5-8-1-2-11(18)12(19)6-8)14-17-10-7-16-4-3-13(10)20-14/h1-4,6-7,9,18-19H,5,15H2. The molecule has 0 aliphatic rings. The monoisotopic (exact) mass is 287 g/mol. The van der Waals surface area contributed by atoms with E-state index in [1.807, 2.05) is 6.07 Å². The minimum absolute atomic E-state index is 0.131. The lowest BCUT2D eigenvalue weighted by Gasteiger charge is -2.09. The number of nitrogens with zero attached hydrogens (tertiary/aromatic N) is 2. The van der Waals surface area contributed by atoms with Crippen molar-refractivity contribution in [2.45, 2.75) is 12.5 Å². The first kappa shape index (κ1) is 12.8. The second-order valence-electron chi connectivity index (χ2n) is 4.53. The van der Waals surface area contributed by atoms with Gasteiger partial charge < -0.3 is 15.9 Å². The van der Waals surface area contributed by atoms with Crippen molar-refractivity contribution in [3.05, 3.63) is 47.2 Å². The lowest BCUT2D eigenvalue weighted by molar-refractivity contribution is 0.403. The molecule has 3 aromatic rings. The first-order valence-electron chi connectivity index (χ1n) is 6.10. The fraction of sp³-hybridized carbons (Fsp3) is 0.143. The van der Waals surface area contributed by atoms with Gasteiger partial charge in [0, 0.05) is 6.20 Å². The SMILES string of the molecule is NC(Cc1ccc(O)c(O)c1)c1nc2cnccc2s1. The Morgan fingerprint density at radius 3 is 2.80 bits per heavy atom. The summed E-state index contributed by atoms with van der Waals surface area (Å²) in [5.74, 6) is -0.267. The van der Waals surface area contributed by atoms with Crippen LogP contribution in [0.1, 0.15) is 16.6 Å². The Balaban J connectivity index is 1.84. The summed E-state index contributed by atoms with van der Waals surface area (Å²) in [5, 5.41) is 19.6. The Morgan fingerprint density at radius 1 is 1.20 bits per heavy atom. The minimum Gasteiger partial charge on any atom is -0.504 e. The number of nitrogens with two attached hydrogens (primary N) is 1. The molecule has 0 aliphatic heterocycles. The second-order valence-corrected chi connectivity index (χ2v) is 5.59. The number of rotatable bonds is 3. The quantitative estimate of drug-likeness (QED) is 0.643. The van der Waals surface area contributed by atoms with Crippen LogP contribution in [0.2, 0.25) is 0 Å². The van der Waals surface area contributed by atoms with Crippen molar-refractivity contribution in [2.75, 3.05) is 0 Å². The van der Waals surface area contributed by atoms with Crippen LogP contribution in [0.5, 0.6) is 11.5 Å². The van der Waals surface area contributed by atoms with Gasteiger partial charge in [0.15, 0.2) is 11.5 Å². The van der Waals surface area contributed by atoms with Gasteiger partial charge in [-0.2, -0.15) is 0 Å². The molecule has 0 radical (unpaired) electrons. The van der Waals surface area contributed by atoms with Gasteiger partial charge in [0.05, 0.1) is 22.5 Å². The maximum atomic E-state index is 9.49. The third-order valence-corrected chi connectivity index (χ3v) is 4.19. The van der Waals surface area contributed by atoms with Crippen molar-refractivity contribution in [1.29, 1.82) is 0 Å². The number of pyridine rings is 1. The molecule has 0 bridgehead atoms. The van der Waals surface area contributed by atoms with E-state index in [4.69, 9.17) is 5.73 Å². The number of hydrogen-bond donors (Lipinski definition) is 3. The van der Waals surface area contributed by atoms with Crippen LogP contribution < -0.4 is 5.73 Å². The van der Waals surface area contributed by atoms with Crippen LogP contribution in [-0.4, -0.2) is 20.2 Å². The third-order valence-electron chi connectivity index (χ3n) is 3.02. The molecule has 0 aliphatic carbocycles. The highest BCUT2D eigenvalue weighted by molar-refractivity contribution is 7.18. The van der Waals surface area contributed by atoms with Gasteiger partial charge in [0.1, 0.15) is 5.01 Å². The molecule has 1 aromatic carbocycles. The van der Waals surface area contributed by atoms with E-state index in [1.165, 1.54) is 12.1 Å². The average Bonchev–Trinajstić information content (AvgIpc) is 2.87. The summed E-state index contributed by atoms with van der Waals surface area (Å²) in [5.41, 5.74) is 7.86. The Kier molecular flexibility index (Phi) is 3.25. The number of thiazole rings is 1. The topological polar surface area (TPSA) is 92.3 Å². The Bertz CT molecular complexity index is 724. The van der Waals surface area contributed by atoms with E-state index in [1.54, 1.807) is 29.8 Å². The summed E-state index contributed by atoms with van der Waals surface area (Å²) in [4.78, 5) is 8.50. The van der Waals surface area contributed by atoms with Gasteiger partial charge in [0.25, 0.3) is 0 Å². The first-order valence-corrected chi connectivity index (χ1v) is 6.92. The molecule has 0 saturated carbocycles. The van der Waals surface area contributed by atoms with E-state index >= 15 is 0 Å². The van der Waals surface area contributed by atoms with Crippen molar-refractivity contribution >= 4 is 21.6 Å². The summed E-state index contributed by atoms with van der Waals surface area (Å²) in [6.45, 7) is 0. The van der Waals surface area contributed by atoms with Crippen LogP contribution in [-0.2, 0) is 6.42 Å². The van der Waals surface area contributed by atoms with Crippen LogP contribution >= 0.6 is 11.3 Å². The molecular weight excluding hydrogens is 274 g/mol. The van der Waals surface area contributed by atoms with Crippen LogP contribution in [0.25, 0.3) is 10.2 Å². The van der Waals surface area contributed by atoms with Crippen molar-refractivity contribution in [3.63, 3.8) is 0 Å². The highest BCUT2D eigenvalue weighted by atomic mass is 32.1. The van der Waals surface area contributed by atoms with Crippen LogP contribution in [0.3, 0.4) is 0 Å². The highest BCUT2D eigenvalue weighted by Gasteiger charge is 2.13. The zero-order chi connectivity index (χ0) is 14.1. The smallest absolute Gasteiger partial charge is 0.157 e. The molecule has 0 fully saturated rings. The van der Waals surface area contributed by atoms with Crippen LogP contribution in [0.15, 0.2) is 36.7 Å².